The van der Waals surface area contributed by atoms with Crippen molar-refractivity contribution in [2.45, 2.75) is 32.9 Å². The predicted octanol–water partition coefficient (Wildman–Crippen LogP) is 4.72. The lowest BCUT2D eigenvalue weighted by molar-refractivity contribution is -0.0935. The minimum absolute atomic E-state index is 0.00215. The molecule has 0 radical (unpaired) electrons. The van der Waals surface area contributed by atoms with Gasteiger partial charge in [-0.15, -0.1) is 0 Å². The lowest BCUT2D eigenvalue weighted by atomic mass is 10.0. The summed E-state index contributed by atoms with van der Waals surface area (Å²) in [6.07, 6.45) is 5.24. The van der Waals surface area contributed by atoms with Gasteiger partial charge in [0, 0.05) is 5.57 Å². The molecule has 0 spiro atoms. The number of hydrogen-bond donors (Lipinski definition) is 0. The highest BCUT2D eigenvalue weighted by atomic mass is 19.4. The van der Waals surface area contributed by atoms with Crippen LogP contribution in [0.3, 0.4) is 0 Å². The summed E-state index contributed by atoms with van der Waals surface area (Å²) in [6, 6.07) is 0. The van der Waals surface area contributed by atoms with Crippen LogP contribution in [0.1, 0.15) is 26.7 Å². The molecule has 0 aromatic heterocycles. The Balaban J connectivity index is 2.99. The summed E-state index contributed by atoms with van der Waals surface area (Å²) in [7, 11) is 0. The zero-order valence-electron chi connectivity index (χ0n) is 9.43. The topological polar surface area (TPSA) is 0 Å². The SMILES string of the molecule is C/C=C(\C=C(/CC)C(F)(F)F)C1=CCC=C1. The van der Waals surface area contributed by atoms with Gasteiger partial charge in [0.15, 0.2) is 0 Å². The fourth-order valence-corrected chi connectivity index (χ4v) is 1.58. The van der Waals surface area contributed by atoms with E-state index in [0.717, 1.165) is 12.0 Å². The van der Waals surface area contributed by atoms with E-state index in [-0.39, 0.29) is 6.42 Å². The zero-order chi connectivity index (χ0) is 12.2. The van der Waals surface area contributed by atoms with Crippen LogP contribution < -0.4 is 0 Å². The first kappa shape index (κ1) is 12.8. The van der Waals surface area contributed by atoms with E-state index in [1.165, 1.54) is 13.0 Å². The van der Waals surface area contributed by atoms with Gasteiger partial charge < -0.3 is 0 Å². The van der Waals surface area contributed by atoms with Crippen LogP contribution in [-0.2, 0) is 0 Å². The van der Waals surface area contributed by atoms with E-state index >= 15 is 0 Å². The zero-order valence-corrected chi connectivity index (χ0v) is 9.43. The summed E-state index contributed by atoms with van der Waals surface area (Å²) >= 11 is 0. The van der Waals surface area contributed by atoms with Gasteiger partial charge in [-0.05, 0) is 37.0 Å². The summed E-state index contributed by atoms with van der Waals surface area (Å²) in [4.78, 5) is 0. The first-order chi connectivity index (χ1) is 7.49. The molecule has 0 amide bonds. The van der Waals surface area contributed by atoms with Gasteiger partial charge in [-0.25, -0.2) is 0 Å². The molecule has 1 rings (SSSR count). The van der Waals surface area contributed by atoms with Crippen molar-refractivity contribution in [3.63, 3.8) is 0 Å². The second-order valence-corrected chi connectivity index (χ2v) is 3.56. The average molecular weight is 228 g/mol. The molecule has 0 aromatic carbocycles. The highest BCUT2D eigenvalue weighted by Gasteiger charge is 2.32. The summed E-state index contributed by atoms with van der Waals surface area (Å²) in [6.45, 7) is 3.27. The van der Waals surface area contributed by atoms with Gasteiger partial charge in [-0.2, -0.15) is 13.2 Å². The molecule has 88 valence electrons. The molecule has 0 aromatic rings. The number of halogens is 3. The van der Waals surface area contributed by atoms with E-state index in [1.807, 2.05) is 18.2 Å². The highest BCUT2D eigenvalue weighted by Crippen LogP contribution is 2.31. The van der Waals surface area contributed by atoms with Gasteiger partial charge in [0.05, 0.1) is 0 Å². The van der Waals surface area contributed by atoms with Crippen molar-refractivity contribution in [1.82, 2.24) is 0 Å². The molecule has 0 saturated heterocycles. The summed E-state index contributed by atoms with van der Waals surface area (Å²) in [5, 5.41) is 0. The molecule has 0 nitrogen and oxygen atoms in total. The van der Waals surface area contributed by atoms with Crippen molar-refractivity contribution >= 4 is 0 Å². The third-order valence-corrected chi connectivity index (χ3v) is 2.49. The van der Waals surface area contributed by atoms with Crippen LogP contribution in [0.4, 0.5) is 13.2 Å². The normalized spacial score (nSPS) is 17.9. The van der Waals surface area contributed by atoms with Crippen molar-refractivity contribution < 1.29 is 13.2 Å². The van der Waals surface area contributed by atoms with Crippen molar-refractivity contribution in [3.05, 3.63) is 47.1 Å². The average Bonchev–Trinajstić information content (AvgIpc) is 2.70. The molecule has 0 bridgehead atoms. The van der Waals surface area contributed by atoms with Gasteiger partial charge in [0.2, 0.25) is 0 Å². The van der Waals surface area contributed by atoms with Gasteiger partial charge in [-0.1, -0.05) is 31.2 Å². The van der Waals surface area contributed by atoms with Crippen LogP contribution in [0.2, 0.25) is 0 Å². The molecule has 0 atom stereocenters. The highest BCUT2D eigenvalue weighted by molar-refractivity contribution is 5.50. The molecule has 0 N–H and O–H groups in total. The van der Waals surface area contributed by atoms with Crippen LogP contribution in [0.25, 0.3) is 0 Å². The van der Waals surface area contributed by atoms with Crippen molar-refractivity contribution in [1.29, 1.82) is 0 Å². The van der Waals surface area contributed by atoms with Gasteiger partial charge in [0.1, 0.15) is 0 Å². The minimum Gasteiger partial charge on any atom is -0.166 e. The summed E-state index contributed by atoms with van der Waals surface area (Å²) < 4.78 is 37.7. The first-order valence-electron chi connectivity index (χ1n) is 5.30. The number of rotatable bonds is 3. The monoisotopic (exact) mass is 228 g/mol. The molecule has 0 saturated carbocycles. The molecule has 0 unspecified atom stereocenters. The van der Waals surface area contributed by atoms with E-state index in [1.54, 1.807) is 13.0 Å². The Labute approximate surface area is 93.9 Å². The van der Waals surface area contributed by atoms with Crippen molar-refractivity contribution in [2.24, 2.45) is 0 Å². The Hall–Kier alpha value is -1.25. The van der Waals surface area contributed by atoms with Crippen LogP contribution in [0.15, 0.2) is 47.1 Å². The van der Waals surface area contributed by atoms with Crippen LogP contribution in [0, 0.1) is 0 Å². The molecule has 3 heteroatoms. The summed E-state index contributed by atoms with van der Waals surface area (Å²) in [5.74, 6) is 0. The Kier molecular flexibility index (Phi) is 4.16. The number of allylic oxidation sites excluding steroid dienone is 8. The second-order valence-electron chi connectivity index (χ2n) is 3.56. The van der Waals surface area contributed by atoms with Crippen LogP contribution in [0.5, 0.6) is 0 Å². The van der Waals surface area contributed by atoms with E-state index in [9.17, 15) is 13.2 Å². The Bertz CT molecular complexity index is 365. The third kappa shape index (κ3) is 3.12. The quantitative estimate of drug-likeness (QED) is 0.613. The fourth-order valence-electron chi connectivity index (χ4n) is 1.58. The fraction of sp³-hybridized carbons (Fsp3) is 0.385. The largest absolute Gasteiger partial charge is 0.412 e. The Morgan fingerprint density at radius 1 is 1.44 bits per heavy atom. The van der Waals surface area contributed by atoms with Gasteiger partial charge in [-0.3, -0.25) is 0 Å². The first-order valence-corrected chi connectivity index (χ1v) is 5.30. The maximum Gasteiger partial charge on any atom is 0.412 e. The predicted molar refractivity (Wildman–Crippen MR) is 60.0 cm³/mol. The molecule has 16 heavy (non-hydrogen) atoms. The van der Waals surface area contributed by atoms with E-state index in [2.05, 4.69) is 0 Å². The van der Waals surface area contributed by atoms with E-state index in [0.29, 0.717) is 5.57 Å². The van der Waals surface area contributed by atoms with Gasteiger partial charge in [0.25, 0.3) is 0 Å². The second kappa shape index (κ2) is 5.19. The number of hydrogen-bond acceptors (Lipinski definition) is 0. The Morgan fingerprint density at radius 3 is 2.50 bits per heavy atom. The van der Waals surface area contributed by atoms with E-state index in [4.69, 9.17) is 0 Å². The maximum absolute atomic E-state index is 12.6. The van der Waals surface area contributed by atoms with Crippen molar-refractivity contribution in [3.8, 4) is 0 Å². The number of alkyl halides is 3. The summed E-state index contributed by atoms with van der Waals surface area (Å²) in [5.41, 5.74) is 1.03. The van der Waals surface area contributed by atoms with Crippen molar-refractivity contribution in [2.75, 3.05) is 0 Å². The molecule has 1 aliphatic rings. The molecular formula is C13H15F3. The van der Waals surface area contributed by atoms with Gasteiger partial charge >= 0.3 is 6.18 Å². The third-order valence-electron chi connectivity index (χ3n) is 2.49. The molecule has 1 aliphatic carbocycles. The standard InChI is InChI=1S/C13H15F3/c1-3-10(11-7-5-6-8-11)9-12(4-2)13(14,15)16/h3,5,7-9H,4,6H2,1-2H3/b10-3+,12-9+. The smallest absolute Gasteiger partial charge is 0.166 e. The lowest BCUT2D eigenvalue weighted by Gasteiger charge is -2.11. The Morgan fingerprint density at radius 2 is 2.12 bits per heavy atom. The van der Waals surface area contributed by atoms with Crippen LogP contribution in [-0.4, -0.2) is 6.18 Å². The molecular weight excluding hydrogens is 213 g/mol. The molecule has 0 fully saturated rings. The van der Waals surface area contributed by atoms with Crippen LogP contribution >= 0.6 is 0 Å². The lowest BCUT2D eigenvalue weighted by Crippen LogP contribution is -2.11. The maximum atomic E-state index is 12.6. The molecule has 0 heterocycles. The minimum atomic E-state index is -4.23. The van der Waals surface area contributed by atoms with E-state index < -0.39 is 11.7 Å². The molecule has 0 aliphatic heterocycles.